The smallest absolute Gasteiger partial charge is 0.352 e. The Morgan fingerprint density at radius 1 is 1.05 bits per heavy atom. The first-order valence-electron chi connectivity index (χ1n) is 13.2. The Hall–Kier alpha value is -3.15. The fourth-order valence-corrected chi connectivity index (χ4v) is 5.74. The van der Waals surface area contributed by atoms with Crippen LogP contribution in [-0.2, 0) is 32.3 Å². The molecule has 1 saturated carbocycles. The Balaban J connectivity index is 1.74. The van der Waals surface area contributed by atoms with E-state index in [0.29, 0.717) is 5.56 Å². The maximum atomic E-state index is 13.4. The Morgan fingerprint density at radius 2 is 1.70 bits per heavy atom. The molecule has 0 aromatic heterocycles. The summed E-state index contributed by atoms with van der Waals surface area (Å²) in [5.74, 6) is -1.20. The van der Waals surface area contributed by atoms with Gasteiger partial charge in [0.05, 0.1) is 17.5 Å². The normalized spacial score (nSPS) is 15.3. The van der Waals surface area contributed by atoms with Gasteiger partial charge in [0.2, 0.25) is 21.8 Å². The quantitative estimate of drug-likeness (QED) is 0.365. The number of nitrogens with one attached hydrogen (secondary N) is 1. The number of sulfonamides is 1. The van der Waals surface area contributed by atoms with Gasteiger partial charge in [-0.05, 0) is 62.1 Å². The van der Waals surface area contributed by atoms with Crippen LogP contribution in [0, 0.1) is 5.82 Å². The lowest BCUT2D eigenvalue weighted by Crippen LogP contribution is -2.50. The number of benzene rings is 2. The molecule has 40 heavy (non-hydrogen) atoms. The topological polar surface area (TPSA) is 86.8 Å². The average molecular weight is 586 g/mol. The Labute approximate surface area is 232 Å². The fourth-order valence-electron chi connectivity index (χ4n) is 4.78. The molecule has 1 fully saturated rings. The second-order valence-electron chi connectivity index (χ2n) is 10.2. The third kappa shape index (κ3) is 8.94. The number of rotatable bonds is 11. The van der Waals surface area contributed by atoms with E-state index in [4.69, 9.17) is 0 Å². The van der Waals surface area contributed by atoms with Crippen LogP contribution in [0.5, 0.6) is 0 Å². The van der Waals surface area contributed by atoms with E-state index in [1.54, 1.807) is 6.92 Å². The number of carbonyl (C=O) groups is 2. The van der Waals surface area contributed by atoms with E-state index in [0.717, 1.165) is 60.9 Å². The Kier molecular flexibility index (Phi) is 10.6. The Morgan fingerprint density at radius 3 is 2.30 bits per heavy atom. The SMILES string of the molecule is C[C@H](C(=O)NC1CCCCC1)N(Cc1ccc(F)cc1)C(=O)CCCN(c1cccc(C(F)(F)F)c1)S(C)(=O)=O. The van der Waals surface area contributed by atoms with Gasteiger partial charge < -0.3 is 10.2 Å². The number of halogens is 4. The number of carbonyl (C=O) groups excluding carboxylic acids is 2. The predicted molar refractivity (Wildman–Crippen MR) is 144 cm³/mol. The lowest BCUT2D eigenvalue weighted by molar-refractivity contribution is -0.141. The first kappa shape index (κ1) is 31.4. The molecule has 0 aliphatic heterocycles. The number of hydrogen-bond donors (Lipinski definition) is 1. The van der Waals surface area contributed by atoms with E-state index in [9.17, 15) is 35.6 Å². The fraction of sp³-hybridized carbons (Fsp3) is 0.500. The highest BCUT2D eigenvalue weighted by Crippen LogP contribution is 2.32. The zero-order valence-corrected chi connectivity index (χ0v) is 23.4. The average Bonchev–Trinajstić information content (AvgIpc) is 2.89. The lowest BCUT2D eigenvalue weighted by Gasteiger charge is -2.31. The van der Waals surface area contributed by atoms with Crippen LogP contribution in [0.25, 0.3) is 0 Å². The van der Waals surface area contributed by atoms with E-state index in [1.165, 1.54) is 35.2 Å². The standard InChI is InChI=1S/C28H35F4N3O4S/c1-20(27(37)33-24-9-4-3-5-10-24)34(19-21-13-15-23(29)16-14-21)26(36)12-7-17-35(40(2,38)39)25-11-6-8-22(18-25)28(30,31)32/h6,8,11,13-16,18,20,24H,3-5,7,9-10,12,17,19H2,1-2H3,(H,33,37)/t20-/m1/s1. The van der Waals surface area contributed by atoms with Crippen LogP contribution in [0.4, 0.5) is 23.2 Å². The summed E-state index contributed by atoms with van der Waals surface area (Å²) in [5, 5.41) is 3.01. The van der Waals surface area contributed by atoms with Gasteiger partial charge in [0.25, 0.3) is 0 Å². The van der Waals surface area contributed by atoms with Crippen molar-refractivity contribution in [3.63, 3.8) is 0 Å². The van der Waals surface area contributed by atoms with Crippen LogP contribution in [0.3, 0.4) is 0 Å². The molecule has 3 rings (SSSR count). The third-order valence-corrected chi connectivity index (χ3v) is 8.19. The van der Waals surface area contributed by atoms with Crippen molar-refractivity contribution in [1.29, 1.82) is 0 Å². The molecule has 1 N–H and O–H groups in total. The van der Waals surface area contributed by atoms with Gasteiger partial charge in [-0.15, -0.1) is 0 Å². The number of anilines is 1. The van der Waals surface area contributed by atoms with E-state index < -0.39 is 39.5 Å². The van der Waals surface area contributed by atoms with Crippen LogP contribution in [0.15, 0.2) is 48.5 Å². The van der Waals surface area contributed by atoms with Gasteiger partial charge in [0.1, 0.15) is 11.9 Å². The van der Waals surface area contributed by atoms with E-state index in [1.807, 2.05) is 0 Å². The van der Waals surface area contributed by atoms with E-state index in [-0.39, 0.29) is 43.6 Å². The van der Waals surface area contributed by atoms with Crippen molar-refractivity contribution >= 4 is 27.5 Å². The Bertz CT molecular complexity index is 1260. The van der Waals surface area contributed by atoms with Crippen molar-refractivity contribution in [1.82, 2.24) is 10.2 Å². The molecule has 12 heteroatoms. The molecule has 220 valence electrons. The van der Waals surface area contributed by atoms with Gasteiger partial charge in [0.15, 0.2) is 0 Å². The van der Waals surface area contributed by atoms with Crippen LogP contribution >= 0.6 is 0 Å². The second-order valence-corrected chi connectivity index (χ2v) is 12.1. The third-order valence-electron chi connectivity index (χ3n) is 7.00. The molecule has 2 amide bonds. The molecule has 0 bridgehead atoms. The van der Waals surface area contributed by atoms with Gasteiger partial charge in [-0.1, -0.05) is 37.5 Å². The van der Waals surface area contributed by atoms with Gasteiger partial charge >= 0.3 is 6.18 Å². The molecule has 1 aliphatic rings. The van der Waals surface area contributed by atoms with Gasteiger partial charge in [-0.25, -0.2) is 12.8 Å². The van der Waals surface area contributed by atoms with Crippen LogP contribution in [0.2, 0.25) is 0 Å². The summed E-state index contributed by atoms with van der Waals surface area (Å²) in [6, 6.07) is 8.70. The number of hydrogen-bond acceptors (Lipinski definition) is 4. The van der Waals surface area contributed by atoms with Crippen molar-refractivity contribution in [2.24, 2.45) is 0 Å². The predicted octanol–water partition coefficient (Wildman–Crippen LogP) is 5.26. The van der Waals surface area contributed by atoms with Gasteiger partial charge in [-0.3, -0.25) is 13.9 Å². The van der Waals surface area contributed by atoms with Crippen molar-refractivity contribution in [3.8, 4) is 0 Å². The van der Waals surface area contributed by atoms with Crippen LogP contribution in [-0.4, -0.2) is 50.0 Å². The summed E-state index contributed by atoms with van der Waals surface area (Å²) in [7, 11) is -3.96. The highest BCUT2D eigenvalue weighted by Gasteiger charge is 2.32. The van der Waals surface area contributed by atoms with Crippen molar-refractivity contribution in [2.75, 3.05) is 17.1 Å². The molecule has 1 aliphatic carbocycles. The zero-order valence-electron chi connectivity index (χ0n) is 22.6. The monoisotopic (exact) mass is 585 g/mol. The largest absolute Gasteiger partial charge is 0.416 e. The van der Waals surface area contributed by atoms with Crippen molar-refractivity contribution in [2.45, 2.75) is 76.7 Å². The summed E-state index contributed by atoms with van der Waals surface area (Å²) < 4.78 is 78.7. The van der Waals surface area contributed by atoms with Crippen LogP contribution < -0.4 is 9.62 Å². The maximum absolute atomic E-state index is 13.4. The minimum atomic E-state index is -4.65. The molecule has 7 nitrogen and oxygen atoms in total. The number of amides is 2. The van der Waals surface area contributed by atoms with E-state index in [2.05, 4.69) is 5.32 Å². The lowest BCUT2D eigenvalue weighted by atomic mass is 9.95. The molecule has 1 atom stereocenters. The first-order chi connectivity index (χ1) is 18.8. The first-order valence-corrected chi connectivity index (χ1v) is 15.1. The number of alkyl halides is 3. The minimum Gasteiger partial charge on any atom is -0.352 e. The molecule has 0 saturated heterocycles. The van der Waals surface area contributed by atoms with Gasteiger partial charge in [0, 0.05) is 25.6 Å². The highest BCUT2D eigenvalue weighted by molar-refractivity contribution is 7.92. The molecule has 0 radical (unpaired) electrons. The zero-order chi connectivity index (χ0) is 29.5. The van der Waals surface area contributed by atoms with Crippen molar-refractivity contribution < 1.29 is 35.6 Å². The molecular formula is C28H35F4N3O4S. The van der Waals surface area contributed by atoms with Gasteiger partial charge in [-0.2, -0.15) is 13.2 Å². The van der Waals surface area contributed by atoms with Crippen molar-refractivity contribution in [3.05, 3.63) is 65.5 Å². The maximum Gasteiger partial charge on any atom is 0.416 e. The van der Waals surface area contributed by atoms with Crippen LogP contribution in [0.1, 0.15) is 63.0 Å². The molecule has 0 spiro atoms. The van der Waals surface area contributed by atoms with E-state index >= 15 is 0 Å². The molecular weight excluding hydrogens is 550 g/mol. The molecule has 2 aromatic rings. The summed E-state index contributed by atoms with van der Waals surface area (Å²) in [6.07, 6.45) is 0.940. The molecule has 0 heterocycles. The minimum absolute atomic E-state index is 0.000962. The number of nitrogens with zero attached hydrogens (tertiary/aromatic N) is 2. The second kappa shape index (κ2) is 13.5. The summed E-state index contributed by atoms with van der Waals surface area (Å²) in [4.78, 5) is 27.8. The summed E-state index contributed by atoms with van der Waals surface area (Å²) in [6.45, 7) is 1.39. The summed E-state index contributed by atoms with van der Waals surface area (Å²) >= 11 is 0. The molecule has 2 aromatic carbocycles. The highest BCUT2D eigenvalue weighted by atomic mass is 32.2. The summed E-state index contributed by atoms with van der Waals surface area (Å²) in [5.41, 5.74) is -0.542. The molecule has 0 unspecified atom stereocenters.